The van der Waals surface area contributed by atoms with Gasteiger partial charge in [0.05, 0.1) is 5.57 Å². The lowest BCUT2D eigenvalue weighted by Gasteiger charge is -2.27. The number of oxazole rings is 1. The number of aromatic nitrogens is 1. The maximum atomic E-state index is 13.4. The Morgan fingerprint density at radius 3 is 2.50 bits per heavy atom. The first kappa shape index (κ1) is 21.7. The Morgan fingerprint density at radius 2 is 1.74 bits per heavy atom. The van der Waals surface area contributed by atoms with Crippen LogP contribution in [0.25, 0.3) is 11.1 Å². The molecule has 0 bridgehead atoms. The average molecular weight is 472 g/mol. The van der Waals surface area contributed by atoms with Gasteiger partial charge in [-0.2, -0.15) is 4.98 Å². The molecule has 1 aliphatic rings. The fraction of sp³-hybridized carbons (Fsp3) is 0.115. The number of anilines is 2. The van der Waals surface area contributed by atoms with Crippen molar-refractivity contribution in [2.75, 3.05) is 10.6 Å². The Kier molecular flexibility index (Phi) is 5.77. The molecule has 1 atom stereocenters. The summed E-state index contributed by atoms with van der Waals surface area (Å²) in [5, 5.41) is 9.75. The minimum Gasteiger partial charge on any atom is -0.423 e. The predicted molar refractivity (Wildman–Crippen MR) is 135 cm³/mol. The number of halogens is 1. The van der Waals surface area contributed by atoms with Crippen molar-refractivity contribution < 1.29 is 9.21 Å². The fourth-order valence-electron chi connectivity index (χ4n) is 3.82. The van der Waals surface area contributed by atoms with Crippen molar-refractivity contribution >= 4 is 46.3 Å². The first-order chi connectivity index (χ1) is 16.5. The molecule has 2 heterocycles. The van der Waals surface area contributed by atoms with Crippen LogP contribution in [0.2, 0.25) is 5.02 Å². The van der Waals surface area contributed by atoms with E-state index >= 15 is 0 Å². The highest BCUT2D eigenvalue weighted by molar-refractivity contribution is 6.31. The van der Waals surface area contributed by atoms with Gasteiger partial charge in [0.1, 0.15) is 11.6 Å². The standard InChI is InChI=1S/C26H22ClN5O2/c1-15-11-13-17(14-12-15)29-24(33)22-16(2)28-25(31-23(22)18-7-3-4-8-19(18)27)32-26-30-20-9-5-6-10-21(20)34-26/h3-14,23H,1-2H3,(H,29,33)(H2,28,30,31,32). The van der Waals surface area contributed by atoms with Gasteiger partial charge in [-0.1, -0.05) is 59.6 Å². The van der Waals surface area contributed by atoms with Crippen LogP contribution < -0.4 is 16.0 Å². The summed E-state index contributed by atoms with van der Waals surface area (Å²) in [4.78, 5) is 22.6. The molecule has 4 aromatic rings. The molecule has 0 fully saturated rings. The van der Waals surface area contributed by atoms with E-state index in [-0.39, 0.29) is 5.91 Å². The Labute approximate surface area is 201 Å². The van der Waals surface area contributed by atoms with Crippen LogP contribution in [0.15, 0.2) is 93.5 Å². The molecule has 3 aromatic carbocycles. The van der Waals surface area contributed by atoms with Crippen LogP contribution in [0.3, 0.4) is 0 Å². The van der Waals surface area contributed by atoms with Crippen molar-refractivity contribution in [2.24, 2.45) is 4.99 Å². The van der Waals surface area contributed by atoms with Gasteiger partial charge in [0, 0.05) is 22.0 Å². The molecular formula is C26H22ClN5O2. The molecule has 8 heteroatoms. The topological polar surface area (TPSA) is 91.5 Å². The quantitative estimate of drug-likeness (QED) is 0.349. The summed E-state index contributed by atoms with van der Waals surface area (Å²) in [6.45, 7) is 3.83. The summed E-state index contributed by atoms with van der Waals surface area (Å²) in [5.41, 5.74) is 5.04. The van der Waals surface area contributed by atoms with Gasteiger partial charge in [-0.05, 0) is 44.2 Å². The van der Waals surface area contributed by atoms with E-state index in [9.17, 15) is 4.79 Å². The highest BCUT2D eigenvalue weighted by atomic mass is 35.5. The normalized spacial score (nSPS) is 15.6. The van der Waals surface area contributed by atoms with Crippen molar-refractivity contribution in [3.8, 4) is 0 Å². The first-order valence-electron chi connectivity index (χ1n) is 10.8. The number of nitrogens with zero attached hydrogens (tertiary/aromatic N) is 2. The van der Waals surface area contributed by atoms with E-state index in [0.29, 0.717) is 39.5 Å². The molecule has 1 aromatic heterocycles. The Balaban J connectivity index is 1.49. The van der Waals surface area contributed by atoms with Crippen LogP contribution in [0.1, 0.15) is 24.1 Å². The summed E-state index contributed by atoms with van der Waals surface area (Å²) in [5.74, 6) is 0.143. The minimum atomic E-state index is -0.632. The molecule has 1 aliphatic heterocycles. The SMILES string of the molecule is CC1=C(C(=O)Nc2ccc(C)cc2)C(c2ccccc2Cl)N=C(Nc2nc3ccccc3o2)N1. The third-order valence-electron chi connectivity index (χ3n) is 5.51. The fourth-order valence-corrected chi connectivity index (χ4v) is 4.06. The second-order valence-corrected chi connectivity index (χ2v) is 8.40. The molecule has 0 saturated heterocycles. The van der Waals surface area contributed by atoms with E-state index in [2.05, 4.69) is 20.9 Å². The number of aryl methyl sites for hydroxylation is 1. The third kappa shape index (κ3) is 4.38. The molecule has 1 unspecified atom stereocenters. The van der Waals surface area contributed by atoms with Crippen LogP contribution >= 0.6 is 11.6 Å². The zero-order valence-electron chi connectivity index (χ0n) is 18.6. The van der Waals surface area contributed by atoms with Crippen LogP contribution in [0.4, 0.5) is 11.7 Å². The summed E-state index contributed by atoms with van der Waals surface area (Å²) in [6.07, 6.45) is 0. The van der Waals surface area contributed by atoms with Gasteiger partial charge in [0.25, 0.3) is 5.91 Å². The Bertz CT molecular complexity index is 1410. The van der Waals surface area contributed by atoms with Gasteiger partial charge < -0.3 is 15.1 Å². The molecule has 0 spiro atoms. The molecule has 5 rings (SSSR count). The molecule has 0 saturated carbocycles. The zero-order chi connectivity index (χ0) is 23.7. The van der Waals surface area contributed by atoms with Gasteiger partial charge in [-0.15, -0.1) is 0 Å². The van der Waals surface area contributed by atoms with Crippen LogP contribution in [-0.2, 0) is 4.79 Å². The number of benzene rings is 3. The van der Waals surface area contributed by atoms with Crippen molar-refractivity contribution in [2.45, 2.75) is 19.9 Å². The molecule has 7 nitrogen and oxygen atoms in total. The van der Waals surface area contributed by atoms with E-state index in [0.717, 1.165) is 16.6 Å². The highest BCUT2D eigenvalue weighted by Crippen LogP contribution is 2.35. The van der Waals surface area contributed by atoms with Gasteiger partial charge in [0.15, 0.2) is 5.58 Å². The largest absolute Gasteiger partial charge is 0.423 e. The lowest BCUT2D eigenvalue weighted by molar-refractivity contribution is -0.113. The van der Waals surface area contributed by atoms with Crippen molar-refractivity contribution in [3.05, 3.63) is 100 Å². The lowest BCUT2D eigenvalue weighted by Crippen LogP contribution is -2.37. The number of hydrogen-bond acceptors (Lipinski definition) is 6. The number of amides is 1. The maximum absolute atomic E-state index is 13.4. The summed E-state index contributed by atoms with van der Waals surface area (Å²) < 4.78 is 5.77. The predicted octanol–water partition coefficient (Wildman–Crippen LogP) is 5.81. The monoisotopic (exact) mass is 471 g/mol. The number of carbonyl (C=O) groups is 1. The number of aliphatic imine (C=N–C) groups is 1. The summed E-state index contributed by atoms with van der Waals surface area (Å²) in [7, 11) is 0. The van der Waals surface area contributed by atoms with Crippen LogP contribution in [0.5, 0.6) is 0 Å². The van der Waals surface area contributed by atoms with E-state index in [1.165, 1.54) is 0 Å². The van der Waals surface area contributed by atoms with Gasteiger partial charge in [0.2, 0.25) is 5.96 Å². The second kappa shape index (κ2) is 9.03. The lowest BCUT2D eigenvalue weighted by atomic mass is 9.95. The van der Waals surface area contributed by atoms with E-state index in [4.69, 9.17) is 21.0 Å². The molecular weight excluding hydrogens is 450 g/mol. The average Bonchev–Trinajstić information content (AvgIpc) is 3.22. The van der Waals surface area contributed by atoms with Crippen molar-refractivity contribution in [3.63, 3.8) is 0 Å². The second-order valence-electron chi connectivity index (χ2n) is 8.00. The maximum Gasteiger partial charge on any atom is 0.302 e. The van der Waals surface area contributed by atoms with E-state index in [1.807, 2.05) is 80.6 Å². The Hall–Kier alpha value is -4.10. The zero-order valence-corrected chi connectivity index (χ0v) is 19.4. The smallest absolute Gasteiger partial charge is 0.302 e. The number of hydrogen-bond donors (Lipinski definition) is 3. The molecule has 3 N–H and O–H groups in total. The highest BCUT2D eigenvalue weighted by Gasteiger charge is 2.31. The van der Waals surface area contributed by atoms with Crippen molar-refractivity contribution in [1.82, 2.24) is 10.3 Å². The number of nitrogens with one attached hydrogen (secondary N) is 3. The number of rotatable bonds is 4. The van der Waals surface area contributed by atoms with Crippen LogP contribution in [0, 0.1) is 6.92 Å². The molecule has 1 amide bonds. The minimum absolute atomic E-state index is 0.261. The molecule has 0 radical (unpaired) electrons. The summed E-state index contributed by atoms with van der Waals surface area (Å²) in [6, 6.07) is 22.1. The number of para-hydroxylation sites is 2. The summed E-state index contributed by atoms with van der Waals surface area (Å²) >= 11 is 6.52. The molecule has 170 valence electrons. The van der Waals surface area contributed by atoms with Gasteiger partial charge in [-0.3, -0.25) is 10.1 Å². The number of allylic oxidation sites excluding steroid dienone is 1. The van der Waals surface area contributed by atoms with Gasteiger partial charge in [-0.25, -0.2) is 4.99 Å². The van der Waals surface area contributed by atoms with Crippen LogP contribution in [-0.4, -0.2) is 16.9 Å². The Morgan fingerprint density at radius 1 is 1.00 bits per heavy atom. The number of carbonyl (C=O) groups excluding carboxylic acids is 1. The molecule has 34 heavy (non-hydrogen) atoms. The number of guanidine groups is 1. The molecule has 0 aliphatic carbocycles. The number of fused-ring (bicyclic) bond motifs is 1. The van der Waals surface area contributed by atoms with E-state index in [1.54, 1.807) is 6.07 Å². The first-order valence-corrected chi connectivity index (χ1v) is 11.2. The van der Waals surface area contributed by atoms with Gasteiger partial charge >= 0.3 is 6.01 Å². The third-order valence-corrected chi connectivity index (χ3v) is 5.86. The van der Waals surface area contributed by atoms with E-state index < -0.39 is 6.04 Å². The van der Waals surface area contributed by atoms with Crippen molar-refractivity contribution in [1.29, 1.82) is 0 Å².